The van der Waals surface area contributed by atoms with E-state index < -0.39 is 0 Å². The minimum atomic E-state index is 0.00863. The summed E-state index contributed by atoms with van der Waals surface area (Å²) < 4.78 is 13.5. The van der Waals surface area contributed by atoms with E-state index in [0.29, 0.717) is 19.8 Å². The molecule has 0 saturated carbocycles. The summed E-state index contributed by atoms with van der Waals surface area (Å²) in [6.45, 7) is 3.58. The van der Waals surface area contributed by atoms with Gasteiger partial charge in [0.1, 0.15) is 17.9 Å². The highest BCUT2D eigenvalue weighted by Crippen LogP contribution is 2.27. The van der Waals surface area contributed by atoms with Gasteiger partial charge in [-0.15, -0.1) is 0 Å². The number of imidazole rings is 1. The molecule has 0 aliphatic rings. The van der Waals surface area contributed by atoms with Crippen molar-refractivity contribution >= 4 is 21.9 Å². The van der Waals surface area contributed by atoms with Crippen molar-refractivity contribution in [2.45, 2.75) is 19.4 Å². The third-order valence-electron chi connectivity index (χ3n) is 4.97. The molecule has 2 heterocycles. The zero-order valence-corrected chi connectivity index (χ0v) is 16.5. The van der Waals surface area contributed by atoms with Crippen LogP contribution in [-0.2, 0) is 11.2 Å². The Balaban J connectivity index is 1.67. The Morgan fingerprint density at radius 3 is 2.66 bits per heavy atom. The molecule has 2 aromatic heterocycles. The monoisotopic (exact) mass is 391 g/mol. The third kappa shape index (κ3) is 4.23. The Bertz CT molecular complexity index is 1080. The maximum atomic E-state index is 8.90. The third-order valence-corrected chi connectivity index (χ3v) is 4.97. The molecule has 6 heteroatoms. The fraction of sp³-hybridized carbons (Fsp3) is 0.304. The van der Waals surface area contributed by atoms with E-state index >= 15 is 0 Å². The molecule has 1 unspecified atom stereocenters. The van der Waals surface area contributed by atoms with Gasteiger partial charge >= 0.3 is 0 Å². The van der Waals surface area contributed by atoms with Crippen LogP contribution in [0.2, 0.25) is 0 Å². The van der Waals surface area contributed by atoms with Crippen LogP contribution >= 0.6 is 0 Å². The van der Waals surface area contributed by atoms with Crippen LogP contribution in [0.15, 0.2) is 61.1 Å². The molecule has 4 aromatic rings. The lowest BCUT2D eigenvalue weighted by Crippen LogP contribution is -2.18. The highest BCUT2D eigenvalue weighted by atomic mass is 16.5. The number of aromatic nitrogens is 3. The van der Waals surface area contributed by atoms with Crippen molar-refractivity contribution in [2.75, 3.05) is 26.4 Å². The van der Waals surface area contributed by atoms with Gasteiger partial charge < -0.3 is 19.1 Å². The Morgan fingerprint density at radius 1 is 1.03 bits per heavy atom. The first-order valence-electron chi connectivity index (χ1n) is 9.90. The van der Waals surface area contributed by atoms with Crippen molar-refractivity contribution in [2.24, 2.45) is 0 Å². The molecule has 29 heavy (non-hydrogen) atoms. The van der Waals surface area contributed by atoms with Crippen molar-refractivity contribution in [1.29, 1.82) is 0 Å². The van der Waals surface area contributed by atoms with Gasteiger partial charge in [0.2, 0.25) is 0 Å². The Labute approximate surface area is 169 Å². The molecule has 0 bridgehead atoms. The molecule has 4 rings (SSSR count). The molecule has 6 nitrogen and oxygen atoms in total. The Morgan fingerprint density at radius 2 is 1.86 bits per heavy atom. The van der Waals surface area contributed by atoms with E-state index in [1.165, 1.54) is 5.56 Å². The van der Waals surface area contributed by atoms with E-state index in [-0.39, 0.29) is 12.6 Å². The number of fused-ring (bicyclic) bond motifs is 3. The first-order valence-corrected chi connectivity index (χ1v) is 9.90. The molecule has 0 aliphatic carbocycles. The number of aliphatic hydroxyl groups is 1. The average molecular weight is 391 g/mol. The number of pyridine rings is 1. The fourth-order valence-electron chi connectivity index (χ4n) is 3.59. The topological polar surface area (TPSA) is 69.4 Å². The molecule has 0 fully saturated rings. The highest BCUT2D eigenvalue weighted by Gasteiger charge is 2.17. The predicted octanol–water partition coefficient (Wildman–Crippen LogP) is 3.78. The number of aliphatic hydroxyl groups excluding tert-OH is 1. The number of para-hydroxylation sites is 1. The van der Waals surface area contributed by atoms with Gasteiger partial charge in [-0.25, -0.2) is 4.98 Å². The van der Waals surface area contributed by atoms with Crippen LogP contribution in [0.3, 0.4) is 0 Å². The van der Waals surface area contributed by atoms with Gasteiger partial charge in [-0.05, 0) is 37.1 Å². The molecule has 150 valence electrons. The van der Waals surface area contributed by atoms with E-state index in [4.69, 9.17) is 14.6 Å². The van der Waals surface area contributed by atoms with Gasteiger partial charge in [0, 0.05) is 12.0 Å². The standard InChI is InChI=1S/C23H25N3O3/c1-2-28-15-18(13-17-7-9-19(10-8-17)29-12-11-27)26-16-25-22-14-24-21-6-4-3-5-20(21)23(22)26/h3-10,14,16,18,27H,2,11-13,15H2,1H3. The maximum absolute atomic E-state index is 8.90. The van der Waals surface area contributed by atoms with Crippen molar-refractivity contribution in [3.63, 3.8) is 0 Å². The summed E-state index contributed by atoms with van der Waals surface area (Å²) in [5, 5.41) is 9.99. The largest absolute Gasteiger partial charge is 0.491 e. The SMILES string of the molecule is CCOCC(Cc1ccc(OCCO)cc1)n1cnc2cnc3ccccc3c21. The van der Waals surface area contributed by atoms with Crippen LogP contribution < -0.4 is 4.74 Å². The number of hydrogen-bond donors (Lipinski definition) is 1. The summed E-state index contributed by atoms with van der Waals surface area (Å²) in [6.07, 6.45) is 4.53. The molecule has 0 spiro atoms. The highest BCUT2D eigenvalue weighted by molar-refractivity contribution is 6.02. The number of ether oxygens (including phenoxy) is 2. The second-order valence-electron chi connectivity index (χ2n) is 6.89. The minimum absolute atomic E-state index is 0.00863. The number of hydrogen-bond acceptors (Lipinski definition) is 5. The van der Waals surface area contributed by atoms with E-state index in [2.05, 4.69) is 32.7 Å². The molecule has 2 aromatic carbocycles. The molecule has 0 amide bonds. The van der Waals surface area contributed by atoms with Gasteiger partial charge in [0.15, 0.2) is 0 Å². The average Bonchev–Trinajstić information content (AvgIpc) is 3.20. The smallest absolute Gasteiger partial charge is 0.119 e. The molecule has 0 aliphatic heterocycles. The van der Waals surface area contributed by atoms with E-state index in [1.807, 2.05) is 49.8 Å². The molecule has 0 saturated heterocycles. The second kappa shape index (κ2) is 9.03. The van der Waals surface area contributed by atoms with Crippen LogP contribution in [0.25, 0.3) is 21.9 Å². The van der Waals surface area contributed by atoms with Crippen molar-refractivity contribution < 1.29 is 14.6 Å². The molecule has 1 N–H and O–H groups in total. The fourth-order valence-corrected chi connectivity index (χ4v) is 3.59. The van der Waals surface area contributed by atoms with Crippen LogP contribution in [-0.4, -0.2) is 46.1 Å². The predicted molar refractivity (Wildman–Crippen MR) is 113 cm³/mol. The zero-order valence-electron chi connectivity index (χ0n) is 16.5. The lowest BCUT2D eigenvalue weighted by molar-refractivity contribution is 0.114. The molecule has 1 atom stereocenters. The zero-order chi connectivity index (χ0) is 20.1. The number of benzene rings is 2. The minimum Gasteiger partial charge on any atom is -0.491 e. The van der Waals surface area contributed by atoms with Crippen molar-refractivity contribution in [3.05, 3.63) is 66.6 Å². The van der Waals surface area contributed by atoms with Crippen LogP contribution in [0, 0.1) is 0 Å². The quantitative estimate of drug-likeness (QED) is 0.470. The summed E-state index contributed by atoms with van der Waals surface area (Å²) in [5.41, 5.74) is 4.12. The summed E-state index contributed by atoms with van der Waals surface area (Å²) in [4.78, 5) is 9.11. The van der Waals surface area contributed by atoms with Gasteiger partial charge in [-0.3, -0.25) is 4.98 Å². The maximum Gasteiger partial charge on any atom is 0.119 e. The first kappa shape index (κ1) is 19.4. The summed E-state index contributed by atoms with van der Waals surface area (Å²) in [6, 6.07) is 16.2. The van der Waals surface area contributed by atoms with Crippen LogP contribution in [0.5, 0.6) is 5.75 Å². The Kier molecular flexibility index (Phi) is 6.03. The van der Waals surface area contributed by atoms with Gasteiger partial charge in [0.25, 0.3) is 0 Å². The molecular weight excluding hydrogens is 366 g/mol. The number of rotatable bonds is 9. The van der Waals surface area contributed by atoms with Gasteiger partial charge in [-0.1, -0.05) is 30.3 Å². The lowest BCUT2D eigenvalue weighted by atomic mass is 10.1. The van der Waals surface area contributed by atoms with E-state index in [1.54, 1.807) is 0 Å². The van der Waals surface area contributed by atoms with Crippen molar-refractivity contribution in [1.82, 2.24) is 14.5 Å². The molecular formula is C23H25N3O3. The van der Waals surface area contributed by atoms with Gasteiger partial charge in [0.05, 0.1) is 42.8 Å². The number of nitrogens with zero attached hydrogens (tertiary/aromatic N) is 3. The van der Waals surface area contributed by atoms with E-state index in [9.17, 15) is 0 Å². The van der Waals surface area contributed by atoms with Crippen molar-refractivity contribution in [3.8, 4) is 5.75 Å². The second-order valence-corrected chi connectivity index (χ2v) is 6.89. The van der Waals surface area contributed by atoms with Gasteiger partial charge in [-0.2, -0.15) is 0 Å². The normalized spacial score (nSPS) is 12.5. The lowest BCUT2D eigenvalue weighted by Gasteiger charge is -2.20. The summed E-state index contributed by atoms with van der Waals surface area (Å²) >= 11 is 0. The molecule has 0 radical (unpaired) electrons. The van der Waals surface area contributed by atoms with E-state index in [0.717, 1.165) is 34.1 Å². The summed E-state index contributed by atoms with van der Waals surface area (Å²) in [7, 11) is 0. The summed E-state index contributed by atoms with van der Waals surface area (Å²) in [5.74, 6) is 0.759. The van der Waals surface area contributed by atoms with Crippen LogP contribution in [0.1, 0.15) is 18.5 Å². The first-order chi connectivity index (χ1) is 14.3. The Hall–Kier alpha value is -2.96. The van der Waals surface area contributed by atoms with Crippen LogP contribution in [0.4, 0.5) is 0 Å².